The van der Waals surface area contributed by atoms with Gasteiger partial charge in [-0.1, -0.05) is 30.3 Å². The highest BCUT2D eigenvalue weighted by Gasteiger charge is 2.56. The van der Waals surface area contributed by atoms with E-state index in [0.29, 0.717) is 10.6 Å². The van der Waals surface area contributed by atoms with Crippen molar-refractivity contribution in [2.75, 3.05) is 0 Å². The molecule has 0 spiro atoms. The number of carbonyl (C=O) groups excluding carboxylic acids is 1. The third-order valence-electron chi connectivity index (χ3n) is 4.23. The fourth-order valence-corrected chi connectivity index (χ4v) is 4.48. The molecule has 0 saturated carbocycles. The lowest BCUT2D eigenvalue weighted by atomic mass is 10.0. The molecule has 1 saturated heterocycles. The van der Waals surface area contributed by atoms with Crippen molar-refractivity contribution in [1.29, 1.82) is 0 Å². The molecule has 4 atom stereocenters. The predicted molar refractivity (Wildman–Crippen MR) is 97.5 cm³/mol. The number of rotatable bonds is 7. The molecular weight excluding hydrogens is 376 g/mol. The molecular formula is C16H20N4O6S. The minimum atomic E-state index is -1.58. The van der Waals surface area contributed by atoms with Crippen LogP contribution >= 0.6 is 11.8 Å². The molecule has 0 radical (unpaired) electrons. The Morgan fingerprint density at radius 1 is 1.26 bits per heavy atom. The molecule has 5 N–H and O–H groups in total. The number of nitrogens with one attached hydrogen (secondary N) is 1. The molecule has 0 aliphatic carbocycles. The number of aliphatic carboxylic acids is 2. The van der Waals surface area contributed by atoms with Crippen LogP contribution in [0.1, 0.15) is 25.5 Å². The topological polar surface area (TPSA) is 162 Å². The highest BCUT2D eigenvalue weighted by molar-refractivity contribution is 8.01. The monoisotopic (exact) mass is 396 g/mol. The van der Waals surface area contributed by atoms with Gasteiger partial charge >= 0.3 is 11.9 Å². The first-order valence-corrected chi connectivity index (χ1v) is 8.84. The molecule has 0 bridgehead atoms. The van der Waals surface area contributed by atoms with Gasteiger partial charge in [0.2, 0.25) is 5.91 Å². The molecule has 1 aliphatic heterocycles. The van der Waals surface area contributed by atoms with Crippen LogP contribution in [0.25, 0.3) is 0 Å². The molecule has 146 valence electrons. The van der Waals surface area contributed by atoms with Crippen molar-refractivity contribution < 1.29 is 24.6 Å². The second-order valence-electron chi connectivity index (χ2n) is 6.53. The van der Waals surface area contributed by atoms with E-state index in [1.54, 1.807) is 44.2 Å². The first-order chi connectivity index (χ1) is 12.6. The Hall–Kier alpha value is -2.66. The summed E-state index contributed by atoms with van der Waals surface area (Å²) in [4.78, 5) is 47.0. The maximum Gasteiger partial charge on any atom is 0.329 e. The summed E-state index contributed by atoms with van der Waals surface area (Å²) < 4.78 is -1.01. The standard InChI is InChI=1S/C16H20N4O6S/c1-16(2)11(15(24)25)20(19-26)13(27-16)10(14(22)23)18-12(21)9(17)8-6-4-3-5-7-8/h3-7,9-11,13H,17H2,1-2H3,(H,18,21)(H,22,23)(H,24,25)/t9-,10+,11+,13-/m1/s1. The number of amides is 1. The predicted octanol–water partition coefficient (Wildman–Crippen LogP) is 0.544. The van der Waals surface area contributed by atoms with E-state index in [9.17, 15) is 29.5 Å². The number of nitroso groups, excluding NO2 is 1. The number of nitrogens with two attached hydrogens (primary N) is 1. The number of benzene rings is 1. The average molecular weight is 396 g/mol. The fourth-order valence-electron chi connectivity index (χ4n) is 2.93. The van der Waals surface area contributed by atoms with Gasteiger partial charge in [0.15, 0.2) is 12.1 Å². The lowest BCUT2D eigenvalue weighted by molar-refractivity contribution is -0.147. The van der Waals surface area contributed by atoms with Gasteiger partial charge in [0, 0.05) is 4.75 Å². The van der Waals surface area contributed by atoms with Gasteiger partial charge in [0.05, 0.1) is 5.29 Å². The number of thioether (sulfide) groups is 1. The smallest absolute Gasteiger partial charge is 0.329 e. The zero-order valence-electron chi connectivity index (χ0n) is 14.6. The second kappa shape index (κ2) is 7.92. The second-order valence-corrected chi connectivity index (χ2v) is 8.30. The van der Waals surface area contributed by atoms with Crippen molar-refractivity contribution in [2.45, 2.75) is 42.1 Å². The largest absolute Gasteiger partial charge is 0.480 e. The van der Waals surface area contributed by atoms with Crippen LogP contribution in [0, 0.1) is 4.91 Å². The van der Waals surface area contributed by atoms with Crippen LogP contribution in [-0.2, 0) is 14.4 Å². The molecule has 27 heavy (non-hydrogen) atoms. The first kappa shape index (κ1) is 20.6. The van der Waals surface area contributed by atoms with Gasteiger partial charge in [-0.05, 0) is 19.4 Å². The Labute approximate surface area is 159 Å². The molecule has 1 heterocycles. The number of carboxylic acids is 2. The zero-order valence-corrected chi connectivity index (χ0v) is 15.4. The van der Waals surface area contributed by atoms with Crippen LogP contribution in [0.4, 0.5) is 0 Å². The van der Waals surface area contributed by atoms with E-state index in [1.807, 2.05) is 0 Å². The van der Waals surface area contributed by atoms with Crippen LogP contribution < -0.4 is 11.1 Å². The third kappa shape index (κ3) is 4.19. The minimum absolute atomic E-state index is 0.479. The summed E-state index contributed by atoms with van der Waals surface area (Å²) in [5, 5.41) is 23.4. The van der Waals surface area contributed by atoms with Gasteiger partial charge in [-0.25, -0.2) is 14.6 Å². The maximum atomic E-state index is 12.4. The quantitative estimate of drug-likeness (QED) is 0.482. The number of nitrogens with zero attached hydrogens (tertiary/aromatic N) is 2. The van der Waals surface area contributed by atoms with E-state index < -0.39 is 46.1 Å². The molecule has 1 fully saturated rings. The number of hydrogen-bond donors (Lipinski definition) is 4. The zero-order chi connectivity index (χ0) is 20.4. The highest BCUT2D eigenvalue weighted by atomic mass is 32.2. The van der Waals surface area contributed by atoms with Crippen molar-refractivity contribution in [3.05, 3.63) is 40.8 Å². The summed E-state index contributed by atoms with van der Waals surface area (Å²) in [5.74, 6) is -3.51. The summed E-state index contributed by atoms with van der Waals surface area (Å²) in [5.41, 5.74) is 6.36. The van der Waals surface area contributed by atoms with Gasteiger partial charge in [0.1, 0.15) is 11.4 Å². The summed E-state index contributed by atoms with van der Waals surface area (Å²) in [6.07, 6.45) is 0. The van der Waals surface area contributed by atoms with Gasteiger partial charge in [-0.2, -0.15) is 0 Å². The van der Waals surface area contributed by atoms with Gasteiger partial charge in [-0.3, -0.25) is 4.79 Å². The van der Waals surface area contributed by atoms with Crippen molar-refractivity contribution in [3.63, 3.8) is 0 Å². The van der Waals surface area contributed by atoms with Crippen LogP contribution in [0.3, 0.4) is 0 Å². The van der Waals surface area contributed by atoms with E-state index in [4.69, 9.17) is 5.73 Å². The van der Waals surface area contributed by atoms with Gasteiger partial charge in [-0.15, -0.1) is 16.7 Å². The SMILES string of the molecule is CC1(C)S[C@H]([C@H](NC(=O)[C@H](N)c2ccccc2)C(=O)O)N(N=O)[C@H]1C(=O)O. The number of hydrogen-bond acceptors (Lipinski definition) is 7. The van der Waals surface area contributed by atoms with E-state index in [-0.39, 0.29) is 0 Å². The number of carboxylic acid groups (broad SMARTS) is 2. The van der Waals surface area contributed by atoms with Gasteiger partial charge in [0.25, 0.3) is 0 Å². The van der Waals surface area contributed by atoms with E-state index in [0.717, 1.165) is 11.8 Å². The molecule has 1 aromatic rings. The molecule has 2 rings (SSSR count). The first-order valence-electron chi connectivity index (χ1n) is 7.96. The van der Waals surface area contributed by atoms with Crippen molar-refractivity contribution in [2.24, 2.45) is 11.0 Å². The van der Waals surface area contributed by atoms with Crippen molar-refractivity contribution >= 4 is 29.6 Å². The summed E-state index contributed by atoms with van der Waals surface area (Å²) in [7, 11) is 0. The van der Waals surface area contributed by atoms with Crippen LogP contribution in [0.5, 0.6) is 0 Å². The molecule has 1 amide bonds. The molecule has 1 aliphatic rings. The lowest BCUT2D eigenvalue weighted by Gasteiger charge is -2.27. The number of carbonyl (C=O) groups is 3. The Kier molecular flexibility index (Phi) is 6.06. The molecule has 0 unspecified atom stereocenters. The Morgan fingerprint density at radius 2 is 1.85 bits per heavy atom. The van der Waals surface area contributed by atoms with Crippen LogP contribution in [-0.4, -0.2) is 55.3 Å². The molecule has 1 aromatic carbocycles. The molecule has 0 aromatic heterocycles. The molecule has 11 heteroatoms. The normalized spacial score (nSPS) is 23.3. The average Bonchev–Trinajstić information content (AvgIpc) is 2.89. The van der Waals surface area contributed by atoms with E-state index in [1.165, 1.54) is 0 Å². The Morgan fingerprint density at radius 3 is 2.33 bits per heavy atom. The van der Waals surface area contributed by atoms with Crippen molar-refractivity contribution in [3.8, 4) is 0 Å². The fraction of sp³-hybridized carbons (Fsp3) is 0.438. The third-order valence-corrected chi connectivity index (χ3v) is 5.79. The Balaban J connectivity index is 2.27. The lowest BCUT2D eigenvalue weighted by Crippen LogP contribution is -2.55. The summed E-state index contributed by atoms with van der Waals surface area (Å²) in [6.45, 7) is 3.12. The highest BCUT2D eigenvalue weighted by Crippen LogP contribution is 2.45. The summed E-state index contributed by atoms with van der Waals surface area (Å²) >= 11 is 0.938. The Bertz CT molecular complexity index is 744. The maximum absolute atomic E-state index is 12.4. The van der Waals surface area contributed by atoms with Crippen molar-refractivity contribution in [1.82, 2.24) is 10.3 Å². The van der Waals surface area contributed by atoms with Crippen LogP contribution in [0.2, 0.25) is 0 Å². The molecule has 10 nitrogen and oxygen atoms in total. The van der Waals surface area contributed by atoms with Crippen LogP contribution in [0.15, 0.2) is 35.6 Å². The van der Waals surface area contributed by atoms with E-state index in [2.05, 4.69) is 10.6 Å². The minimum Gasteiger partial charge on any atom is -0.480 e. The van der Waals surface area contributed by atoms with E-state index >= 15 is 0 Å². The summed E-state index contributed by atoms with van der Waals surface area (Å²) in [6, 6.07) is 4.29. The van der Waals surface area contributed by atoms with Gasteiger partial charge < -0.3 is 21.3 Å².